The van der Waals surface area contributed by atoms with Crippen LogP contribution in [0.5, 0.6) is 0 Å². The van der Waals surface area contributed by atoms with Crippen molar-refractivity contribution in [1.29, 1.82) is 0 Å². The largest absolute Gasteiger partial charge is 0.459 e. The van der Waals surface area contributed by atoms with Gasteiger partial charge in [-0.1, -0.05) is 30.3 Å². The van der Waals surface area contributed by atoms with Gasteiger partial charge in [0.25, 0.3) is 0 Å². The molecule has 1 fully saturated rings. The lowest BCUT2D eigenvalue weighted by atomic mass is 10.2. The van der Waals surface area contributed by atoms with Crippen LogP contribution in [0.15, 0.2) is 30.3 Å². The number of carbonyl (C=O) groups is 1. The van der Waals surface area contributed by atoms with Crippen molar-refractivity contribution < 1.29 is 22.7 Å². The van der Waals surface area contributed by atoms with Gasteiger partial charge in [0.1, 0.15) is 6.61 Å². The van der Waals surface area contributed by atoms with Crippen LogP contribution in [-0.2, 0) is 11.3 Å². The predicted molar refractivity (Wildman–Crippen MR) is 65.8 cm³/mol. The Morgan fingerprint density at radius 1 is 1.35 bits per heavy atom. The molecule has 0 aromatic heterocycles. The number of hydrogen-bond donors (Lipinski definition) is 1. The van der Waals surface area contributed by atoms with Crippen molar-refractivity contribution in [3.05, 3.63) is 35.9 Å². The maximum Gasteiger partial charge on any atom is 0.459 e. The van der Waals surface area contributed by atoms with E-state index in [1.807, 2.05) is 18.2 Å². The van der Waals surface area contributed by atoms with Crippen LogP contribution in [0.3, 0.4) is 0 Å². The van der Waals surface area contributed by atoms with Crippen LogP contribution in [-0.4, -0.2) is 36.4 Å². The van der Waals surface area contributed by atoms with E-state index in [1.165, 1.54) is 0 Å². The Morgan fingerprint density at radius 3 is 2.65 bits per heavy atom. The van der Waals surface area contributed by atoms with Gasteiger partial charge >= 0.3 is 12.4 Å². The zero-order valence-electron chi connectivity index (χ0n) is 10.7. The minimum atomic E-state index is -4.34. The molecule has 0 saturated carbocycles. The molecule has 1 saturated heterocycles. The van der Waals surface area contributed by atoms with Crippen molar-refractivity contribution in [2.45, 2.75) is 25.4 Å². The van der Waals surface area contributed by atoms with Gasteiger partial charge in [-0.15, -0.1) is 0 Å². The van der Waals surface area contributed by atoms with E-state index in [-0.39, 0.29) is 26.1 Å². The number of alkyl halides is 3. The van der Waals surface area contributed by atoms with Gasteiger partial charge in [0, 0.05) is 19.1 Å². The number of carbonyl (C=O) groups excluding carboxylic acids is 1. The second-order valence-electron chi connectivity index (χ2n) is 4.61. The van der Waals surface area contributed by atoms with Crippen molar-refractivity contribution in [3.63, 3.8) is 0 Å². The molecule has 0 radical (unpaired) electrons. The molecule has 7 heteroatoms. The van der Waals surface area contributed by atoms with Crippen molar-refractivity contribution in [2.24, 2.45) is 0 Å². The number of rotatable bonds is 3. The molecule has 2 rings (SSSR count). The van der Waals surface area contributed by atoms with Gasteiger partial charge in [-0.25, -0.2) is 9.69 Å². The van der Waals surface area contributed by atoms with Crippen molar-refractivity contribution >= 4 is 6.09 Å². The number of nitrogens with one attached hydrogen (secondary N) is 1. The Kier molecular flexibility index (Phi) is 4.49. The lowest BCUT2D eigenvalue weighted by molar-refractivity contribution is -0.238. The van der Waals surface area contributed by atoms with E-state index in [1.54, 1.807) is 12.1 Å². The first-order chi connectivity index (χ1) is 9.45. The first-order valence-corrected chi connectivity index (χ1v) is 6.24. The van der Waals surface area contributed by atoms with Crippen molar-refractivity contribution in [3.8, 4) is 0 Å². The van der Waals surface area contributed by atoms with E-state index >= 15 is 0 Å². The molecule has 1 aliphatic rings. The summed E-state index contributed by atoms with van der Waals surface area (Å²) >= 11 is 0. The van der Waals surface area contributed by atoms with E-state index in [4.69, 9.17) is 4.74 Å². The maximum atomic E-state index is 12.4. The molecule has 1 aliphatic heterocycles. The monoisotopic (exact) mass is 288 g/mol. The highest BCUT2D eigenvalue weighted by atomic mass is 19.4. The molecule has 1 heterocycles. The molecule has 4 nitrogen and oxygen atoms in total. The molecule has 20 heavy (non-hydrogen) atoms. The molecule has 0 bridgehead atoms. The Labute approximate surface area is 114 Å². The van der Waals surface area contributed by atoms with Gasteiger partial charge in [0.2, 0.25) is 0 Å². The van der Waals surface area contributed by atoms with Crippen LogP contribution in [0.2, 0.25) is 0 Å². The van der Waals surface area contributed by atoms with Gasteiger partial charge in [-0.05, 0) is 12.0 Å². The van der Waals surface area contributed by atoms with Crippen LogP contribution < -0.4 is 5.32 Å². The molecular weight excluding hydrogens is 273 g/mol. The Morgan fingerprint density at radius 2 is 2.05 bits per heavy atom. The third-order valence-electron chi connectivity index (χ3n) is 3.08. The molecule has 0 spiro atoms. The number of halogens is 3. The van der Waals surface area contributed by atoms with Crippen LogP contribution in [0.25, 0.3) is 0 Å². The van der Waals surface area contributed by atoms with Crippen LogP contribution in [0, 0.1) is 0 Å². The number of alkyl carbamates (subject to hydrolysis) is 1. The lowest BCUT2D eigenvalue weighted by Crippen LogP contribution is -2.41. The average Bonchev–Trinajstić information content (AvgIpc) is 2.86. The molecule has 1 aromatic carbocycles. The Hall–Kier alpha value is -1.76. The number of benzene rings is 1. The van der Waals surface area contributed by atoms with Crippen LogP contribution in [0.1, 0.15) is 12.0 Å². The Bertz CT molecular complexity index is 451. The fraction of sp³-hybridized carbons (Fsp3) is 0.462. The minimum absolute atomic E-state index is 0.0996. The summed E-state index contributed by atoms with van der Waals surface area (Å²) in [5, 5.41) is 2.45. The zero-order chi connectivity index (χ0) is 14.6. The number of likely N-dealkylation sites (tertiary alicyclic amines) is 1. The summed E-state index contributed by atoms with van der Waals surface area (Å²) in [5.41, 5.74) is 0.825. The number of amides is 1. The molecule has 1 atom stereocenters. The van der Waals surface area contributed by atoms with Gasteiger partial charge < -0.3 is 10.1 Å². The highest BCUT2D eigenvalue weighted by Gasteiger charge is 2.42. The first kappa shape index (κ1) is 14.6. The topological polar surface area (TPSA) is 41.6 Å². The average molecular weight is 288 g/mol. The molecule has 0 aliphatic carbocycles. The molecule has 1 amide bonds. The van der Waals surface area contributed by atoms with E-state index in [9.17, 15) is 18.0 Å². The van der Waals surface area contributed by atoms with E-state index in [2.05, 4.69) is 5.32 Å². The quantitative estimate of drug-likeness (QED) is 0.869. The van der Waals surface area contributed by atoms with Crippen LogP contribution >= 0.6 is 0 Å². The molecule has 0 unspecified atom stereocenters. The first-order valence-electron chi connectivity index (χ1n) is 6.24. The zero-order valence-corrected chi connectivity index (χ0v) is 10.7. The van der Waals surface area contributed by atoms with E-state index in [0.29, 0.717) is 4.90 Å². The molecular formula is C13H15F3N2O2. The molecule has 1 N–H and O–H groups in total. The predicted octanol–water partition coefficient (Wildman–Crippen LogP) is 2.51. The van der Waals surface area contributed by atoms with Gasteiger partial charge in [-0.3, -0.25) is 0 Å². The summed E-state index contributed by atoms with van der Waals surface area (Å²) in [5.74, 6) is 0. The third-order valence-corrected chi connectivity index (χ3v) is 3.08. The highest BCUT2D eigenvalue weighted by molar-refractivity contribution is 5.67. The SMILES string of the molecule is O=C(N[C@H]1CCN(C(F)(F)F)C1)OCc1ccccc1. The number of nitrogens with zero attached hydrogens (tertiary/aromatic N) is 1. The lowest BCUT2D eigenvalue weighted by Gasteiger charge is -2.19. The summed E-state index contributed by atoms with van der Waals surface area (Å²) in [6, 6.07) is 8.54. The van der Waals surface area contributed by atoms with Gasteiger partial charge in [0.05, 0.1) is 0 Å². The second-order valence-corrected chi connectivity index (χ2v) is 4.61. The normalized spacial score (nSPS) is 19.9. The molecule has 1 aromatic rings. The minimum Gasteiger partial charge on any atom is -0.445 e. The molecule has 110 valence electrons. The summed E-state index contributed by atoms with van der Waals surface area (Å²) in [7, 11) is 0. The standard InChI is InChI=1S/C13H15F3N2O2/c14-13(15,16)18-7-6-11(8-18)17-12(19)20-9-10-4-2-1-3-5-10/h1-5,11H,6-9H2,(H,17,19)/t11-/m0/s1. The maximum absolute atomic E-state index is 12.4. The number of hydrogen-bond acceptors (Lipinski definition) is 3. The van der Waals surface area contributed by atoms with Gasteiger partial charge in [-0.2, -0.15) is 13.2 Å². The Balaban J connectivity index is 1.73. The summed E-state index contributed by atoms with van der Waals surface area (Å²) in [6.07, 6.45) is -4.77. The summed E-state index contributed by atoms with van der Waals surface area (Å²) in [6.45, 7) is -0.237. The number of ether oxygens (including phenoxy) is 1. The third kappa shape index (κ3) is 4.12. The fourth-order valence-electron chi connectivity index (χ4n) is 2.04. The van der Waals surface area contributed by atoms with E-state index < -0.39 is 18.4 Å². The van der Waals surface area contributed by atoms with Crippen molar-refractivity contribution in [2.75, 3.05) is 13.1 Å². The summed E-state index contributed by atoms with van der Waals surface area (Å²) in [4.78, 5) is 11.9. The van der Waals surface area contributed by atoms with Crippen molar-refractivity contribution in [1.82, 2.24) is 10.2 Å². The van der Waals surface area contributed by atoms with Gasteiger partial charge in [0.15, 0.2) is 0 Å². The fourth-order valence-corrected chi connectivity index (χ4v) is 2.04. The smallest absolute Gasteiger partial charge is 0.445 e. The van der Waals surface area contributed by atoms with Crippen LogP contribution in [0.4, 0.5) is 18.0 Å². The second kappa shape index (κ2) is 6.13. The summed E-state index contributed by atoms with van der Waals surface area (Å²) < 4.78 is 42.2. The highest BCUT2D eigenvalue weighted by Crippen LogP contribution is 2.25. The van der Waals surface area contributed by atoms with E-state index in [0.717, 1.165) is 5.56 Å².